The molecule has 0 bridgehead atoms. The van der Waals surface area contributed by atoms with Crippen LogP contribution in [-0.4, -0.2) is 17.4 Å². The minimum Gasteiger partial charge on any atom is -1.00 e. The molecule has 4 heteroatoms. The second kappa shape index (κ2) is 19.1. The molecule has 0 aromatic carbocycles. The average molecular weight is 149 g/mol. The van der Waals surface area contributed by atoms with Crippen LogP contribution in [0.1, 0.15) is 1.43 Å². The van der Waals surface area contributed by atoms with Gasteiger partial charge in [0.25, 0.3) is 0 Å². The van der Waals surface area contributed by atoms with E-state index < -0.39 is 0 Å². The smallest absolute Gasteiger partial charge is 1.00 e. The van der Waals surface area contributed by atoms with Crippen molar-refractivity contribution in [2.45, 2.75) is 0 Å². The van der Waals surface area contributed by atoms with Gasteiger partial charge in [-0.25, -0.2) is 0 Å². The molecule has 0 aliphatic rings. The van der Waals surface area contributed by atoms with Crippen LogP contribution < -0.4 is 18.9 Å². The maximum atomic E-state index is 0. The summed E-state index contributed by atoms with van der Waals surface area (Å²) in [5.41, 5.74) is 0. The van der Waals surface area contributed by atoms with E-state index in [0.717, 1.165) is 0 Å². The largest absolute Gasteiger partial charge is 1.00 e. The first-order valence-electron chi connectivity index (χ1n) is 0. The summed E-state index contributed by atoms with van der Waals surface area (Å²) < 4.78 is 0. The van der Waals surface area contributed by atoms with Gasteiger partial charge in [0.2, 0.25) is 0 Å². The normalized spacial score (nSPS) is 0. The average Bonchev–Trinajstić information content (AvgIpc) is 0. The van der Waals surface area contributed by atoms with E-state index in [1.54, 1.807) is 0 Å². The quantitative estimate of drug-likeness (QED) is 0.307. The molecular formula is H4AlFeLiMn. The first-order valence-corrected chi connectivity index (χ1v) is 0. The third kappa shape index (κ3) is 8.90. The minimum atomic E-state index is 0. The van der Waals surface area contributed by atoms with Gasteiger partial charge in [-0.05, 0) is 0 Å². The summed E-state index contributed by atoms with van der Waals surface area (Å²) in [5.74, 6) is 0. The molecule has 4 heavy (non-hydrogen) atoms. The van der Waals surface area contributed by atoms with Crippen molar-refractivity contribution in [3.05, 3.63) is 0 Å². The summed E-state index contributed by atoms with van der Waals surface area (Å²) >= 11 is 0. The van der Waals surface area contributed by atoms with E-state index >= 15 is 0 Å². The van der Waals surface area contributed by atoms with E-state index in [1.165, 1.54) is 0 Å². The molecule has 0 aromatic rings. The van der Waals surface area contributed by atoms with Crippen LogP contribution in [0, 0.1) is 0 Å². The zero-order valence-corrected chi connectivity index (χ0v) is 4.02. The minimum absolute atomic E-state index is 0. The van der Waals surface area contributed by atoms with Crippen molar-refractivity contribution >= 4 is 17.4 Å². The molecule has 0 fully saturated rings. The van der Waals surface area contributed by atoms with Gasteiger partial charge in [-0.2, -0.15) is 0 Å². The van der Waals surface area contributed by atoms with Crippen LogP contribution in [0.4, 0.5) is 0 Å². The third-order valence-electron chi connectivity index (χ3n) is 0. The first kappa shape index (κ1) is 35.0. The predicted molar refractivity (Wildman–Crippen MR) is 11.1 cm³/mol. The molecule has 0 amide bonds. The van der Waals surface area contributed by atoms with Gasteiger partial charge in [0.05, 0.1) is 0 Å². The summed E-state index contributed by atoms with van der Waals surface area (Å²) in [5, 5.41) is 0. The second-order valence-corrected chi connectivity index (χ2v) is 0. The van der Waals surface area contributed by atoms with Crippen LogP contribution in [0.3, 0.4) is 0 Å². The van der Waals surface area contributed by atoms with E-state index in [4.69, 9.17) is 0 Å². The molecule has 0 saturated heterocycles. The molecule has 0 unspecified atom stereocenters. The molecule has 0 spiro atoms. The fraction of sp³-hybridized carbons (Fsp3) is 0. The molecule has 23 valence electrons. The number of hydrogen-bond donors (Lipinski definition) is 0. The molecule has 0 atom stereocenters. The van der Waals surface area contributed by atoms with Gasteiger partial charge >= 0.3 is 18.9 Å². The molecule has 0 heterocycles. The number of hydrogen-bond acceptors (Lipinski definition) is 0. The molecule has 0 N–H and O–H groups in total. The maximum Gasteiger partial charge on any atom is 1.00 e. The van der Waals surface area contributed by atoms with E-state index in [1.807, 2.05) is 0 Å². The van der Waals surface area contributed by atoms with Crippen molar-refractivity contribution in [2.24, 2.45) is 0 Å². The molecule has 0 aromatic heterocycles. The van der Waals surface area contributed by atoms with Gasteiger partial charge in [0, 0.05) is 34.1 Å². The fourth-order valence-electron chi connectivity index (χ4n) is 0. The van der Waals surface area contributed by atoms with E-state index in [0.29, 0.717) is 0 Å². The summed E-state index contributed by atoms with van der Waals surface area (Å²) in [6.07, 6.45) is 0. The van der Waals surface area contributed by atoms with Crippen LogP contribution in [0.25, 0.3) is 0 Å². The Bertz CT molecular complexity index is 11.6. The van der Waals surface area contributed by atoms with Crippen LogP contribution in [0.2, 0.25) is 0 Å². The summed E-state index contributed by atoms with van der Waals surface area (Å²) in [4.78, 5) is 0. The van der Waals surface area contributed by atoms with Gasteiger partial charge < -0.3 is 1.43 Å². The van der Waals surface area contributed by atoms with Crippen LogP contribution in [-0.2, 0) is 34.1 Å². The van der Waals surface area contributed by atoms with Crippen molar-refractivity contribution in [3.63, 3.8) is 0 Å². The monoisotopic (exact) mass is 149 g/mol. The fourth-order valence-corrected chi connectivity index (χ4v) is 0. The van der Waals surface area contributed by atoms with E-state index in [2.05, 4.69) is 0 Å². The summed E-state index contributed by atoms with van der Waals surface area (Å²) in [6.45, 7) is 0. The maximum absolute atomic E-state index is 0. The van der Waals surface area contributed by atoms with Crippen LogP contribution >= 0.6 is 0 Å². The van der Waals surface area contributed by atoms with Crippen molar-refractivity contribution in [2.75, 3.05) is 0 Å². The Balaban J connectivity index is 0. The van der Waals surface area contributed by atoms with Crippen LogP contribution in [0.5, 0.6) is 0 Å². The SMILES string of the molecule is [AlH3].[Fe].[H-].[Li+].[Mn]. The van der Waals surface area contributed by atoms with Gasteiger partial charge in [-0.1, -0.05) is 0 Å². The predicted octanol–water partition coefficient (Wildman–Crippen LogP) is -4.07. The third-order valence-corrected chi connectivity index (χ3v) is 0. The standard InChI is InChI=1S/Al.Fe.Li.Mn.4H/q;;+1;;;;;-1. The van der Waals surface area contributed by atoms with E-state index in [9.17, 15) is 0 Å². The Kier molecular flexibility index (Phi) is 167. The van der Waals surface area contributed by atoms with Crippen molar-refractivity contribution < 1.29 is 54.4 Å². The molecule has 0 rings (SSSR count). The second-order valence-electron chi connectivity index (χ2n) is 0. The van der Waals surface area contributed by atoms with Gasteiger partial charge in [-0.3, -0.25) is 0 Å². The van der Waals surface area contributed by atoms with Crippen LogP contribution in [0.15, 0.2) is 0 Å². The molecule has 0 aliphatic carbocycles. The van der Waals surface area contributed by atoms with Gasteiger partial charge in [0.1, 0.15) is 0 Å². The molecule has 0 aliphatic heterocycles. The van der Waals surface area contributed by atoms with Crippen molar-refractivity contribution in [1.29, 1.82) is 0 Å². The zero-order chi connectivity index (χ0) is 0. The van der Waals surface area contributed by atoms with Crippen molar-refractivity contribution in [1.82, 2.24) is 0 Å². The Morgan fingerprint density at radius 2 is 1.25 bits per heavy atom. The topological polar surface area (TPSA) is 0 Å². The van der Waals surface area contributed by atoms with E-state index in [-0.39, 0.29) is 71.8 Å². The summed E-state index contributed by atoms with van der Waals surface area (Å²) in [6, 6.07) is 0. The molecule has 0 saturated carbocycles. The molecule has 0 nitrogen and oxygen atoms in total. The summed E-state index contributed by atoms with van der Waals surface area (Å²) in [7, 11) is 0. The Hall–Kier alpha value is 2.17. The van der Waals surface area contributed by atoms with Gasteiger partial charge in [-0.15, -0.1) is 0 Å². The zero-order valence-electron chi connectivity index (χ0n) is 2.73. The Morgan fingerprint density at radius 3 is 1.25 bits per heavy atom. The molecule has 1 radical (unpaired) electrons. The number of rotatable bonds is 0. The molecular weight excluding hydrogens is 145 g/mol. The first-order chi connectivity index (χ1) is 0. The van der Waals surface area contributed by atoms with Crippen molar-refractivity contribution in [3.8, 4) is 0 Å². The Morgan fingerprint density at radius 1 is 1.25 bits per heavy atom. The van der Waals surface area contributed by atoms with Gasteiger partial charge in [0.15, 0.2) is 17.4 Å². The Labute approximate surface area is 71.2 Å².